The number of carboxylic acids is 1. The van der Waals surface area contributed by atoms with Gasteiger partial charge >= 0.3 is 5.97 Å². The van der Waals surface area contributed by atoms with Crippen molar-refractivity contribution in [3.8, 4) is 0 Å². The fourth-order valence-corrected chi connectivity index (χ4v) is 3.54. The Morgan fingerprint density at radius 3 is 3.05 bits per heavy atom. The highest BCUT2D eigenvalue weighted by Crippen LogP contribution is 2.48. The standard InChI is InChI=1S/C11H12N4O3S/c16-10(17)6-4-5(6)9-14-15-8(7-2-1-3-18-7)12-13-11(15)19-9/h5-7H,1-4H2,(H,16,17). The summed E-state index contributed by atoms with van der Waals surface area (Å²) in [6.45, 7) is 0.750. The molecular formula is C11H12N4O3S. The van der Waals surface area contributed by atoms with Gasteiger partial charge in [0.2, 0.25) is 4.96 Å². The van der Waals surface area contributed by atoms with E-state index in [0.29, 0.717) is 6.42 Å². The van der Waals surface area contributed by atoms with Gasteiger partial charge in [0, 0.05) is 12.5 Å². The number of aliphatic carboxylic acids is 1. The molecule has 1 saturated carbocycles. The second kappa shape index (κ2) is 3.97. The minimum Gasteiger partial charge on any atom is -0.481 e. The van der Waals surface area contributed by atoms with Crippen LogP contribution in [-0.2, 0) is 9.53 Å². The second-order valence-electron chi connectivity index (χ2n) is 4.98. The van der Waals surface area contributed by atoms with Gasteiger partial charge in [0.1, 0.15) is 11.1 Å². The van der Waals surface area contributed by atoms with Crippen LogP contribution in [-0.4, -0.2) is 37.5 Å². The van der Waals surface area contributed by atoms with Gasteiger partial charge in [-0.25, -0.2) is 0 Å². The molecule has 2 fully saturated rings. The minimum atomic E-state index is -0.740. The van der Waals surface area contributed by atoms with Crippen LogP contribution in [0, 0.1) is 5.92 Å². The molecular weight excluding hydrogens is 268 g/mol. The maximum atomic E-state index is 10.9. The van der Waals surface area contributed by atoms with E-state index in [4.69, 9.17) is 9.84 Å². The molecule has 7 nitrogen and oxygen atoms in total. The van der Waals surface area contributed by atoms with E-state index in [1.54, 1.807) is 4.52 Å². The lowest BCUT2D eigenvalue weighted by Gasteiger charge is -2.03. The van der Waals surface area contributed by atoms with Gasteiger partial charge in [0.05, 0.1) is 5.92 Å². The Kier molecular flexibility index (Phi) is 2.36. The molecule has 4 rings (SSSR count). The molecule has 100 valence electrons. The highest BCUT2D eigenvalue weighted by atomic mass is 32.1. The Morgan fingerprint density at radius 2 is 2.37 bits per heavy atom. The number of hydrogen-bond acceptors (Lipinski definition) is 6. The molecule has 3 heterocycles. The average Bonchev–Trinajstić information content (AvgIpc) is 2.79. The molecule has 2 aliphatic rings. The number of rotatable bonds is 3. The van der Waals surface area contributed by atoms with E-state index in [1.807, 2.05) is 0 Å². The first-order valence-electron chi connectivity index (χ1n) is 6.30. The topological polar surface area (TPSA) is 89.6 Å². The number of hydrogen-bond donors (Lipinski definition) is 1. The Balaban J connectivity index is 1.67. The molecule has 8 heteroatoms. The normalized spacial score (nSPS) is 30.0. The molecule has 1 N–H and O–H groups in total. The third kappa shape index (κ3) is 1.74. The summed E-state index contributed by atoms with van der Waals surface area (Å²) >= 11 is 1.43. The quantitative estimate of drug-likeness (QED) is 0.909. The molecule has 0 spiro atoms. The van der Waals surface area contributed by atoms with Crippen LogP contribution in [0.2, 0.25) is 0 Å². The molecule has 19 heavy (non-hydrogen) atoms. The minimum absolute atomic E-state index is 0.0283. The van der Waals surface area contributed by atoms with Crippen molar-refractivity contribution >= 4 is 22.3 Å². The van der Waals surface area contributed by atoms with Crippen molar-refractivity contribution in [2.75, 3.05) is 6.61 Å². The molecule has 1 saturated heterocycles. The number of carboxylic acid groups (broad SMARTS) is 1. The van der Waals surface area contributed by atoms with E-state index in [0.717, 1.165) is 35.2 Å². The number of fused-ring (bicyclic) bond motifs is 1. The summed E-state index contributed by atoms with van der Waals surface area (Å²) in [5, 5.41) is 22.5. The number of carbonyl (C=O) groups is 1. The summed E-state index contributed by atoms with van der Waals surface area (Å²) in [5.74, 6) is -0.241. The molecule has 3 unspecified atom stereocenters. The maximum absolute atomic E-state index is 10.9. The van der Waals surface area contributed by atoms with Crippen molar-refractivity contribution < 1.29 is 14.6 Å². The number of nitrogens with zero attached hydrogens (tertiary/aromatic N) is 4. The predicted molar refractivity (Wildman–Crippen MR) is 65.1 cm³/mol. The molecule has 0 aromatic carbocycles. The summed E-state index contributed by atoms with van der Waals surface area (Å²) in [7, 11) is 0. The van der Waals surface area contributed by atoms with Gasteiger partial charge in [0.25, 0.3) is 0 Å². The lowest BCUT2D eigenvalue weighted by molar-refractivity contribution is -0.138. The van der Waals surface area contributed by atoms with Crippen molar-refractivity contribution in [3.63, 3.8) is 0 Å². The molecule has 0 radical (unpaired) electrons. The van der Waals surface area contributed by atoms with Crippen LogP contribution in [0.4, 0.5) is 0 Å². The number of aromatic nitrogens is 4. The van der Waals surface area contributed by atoms with E-state index >= 15 is 0 Å². The van der Waals surface area contributed by atoms with Crippen LogP contribution in [0.15, 0.2) is 0 Å². The van der Waals surface area contributed by atoms with Crippen LogP contribution in [0.25, 0.3) is 4.96 Å². The zero-order chi connectivity index (χ0) is 13.0. The Morgan fingerprint density at radius 1 is 1.47 bits per heavy atom. The van der Waals surface area contributed by atoms with Crippen LogP contribution < -0.4 is 0 Å². The summed E-state index contributed by atoms with van der Waals surface area (Å²) in [6.07, 6.45) is 2.61. The first-order chi connectivity index (χ1) is 9.24. The summed E-state index contributed by atoms with van der Waals surface area (Å²) in [4.78, 5) is 11.6. The van der Waals surface area contributed by atoms with E-state index in [1.165, 1.54) is 11.3 Å². The van der Waals surface area contributed by atoms with Crippen LogP contribution in [0.5, 0.6) is 0 Å². The first-order valence-corrected chi connectivity index (χ1v) is 7.12. The van der Waals surface area contributed by atoms with E-state index < -0.39 is 5.97 Å². The predicted octanol–water partition coefficient (Wildman–Crippen LogP) is 1.23. The Bertz CT molecular complexity index is 645. The molecule has 2 aromatic rings. The zero-order valence-corrected chi connectivity index (χ0v) is 10.8. The molecule has 1 aliphatic heterocycles. The fraction of sp³-hybridized carbons (Fsp3) is 0.636. The van der Waals surface area contributed by atoms with E-state index in [2.05, 4.69) is 15.3 Å². The van der Waals surface area contributed by atoms with Gasteiger partial charge < -0.3 is 9.84 Å². The van der Waals surface area contributed by atoms with Crippen LogP contribution >= 0.6 is 11.3 Å². The SMILES string of the molecule is O=C(O)C1CC1c1nn2c(C3CCCO3)nnc2s1. The van der Waals surface area contributed by atoms with Gasteiger partial charge in [-0.05, 0) is 19.3 Å². The van der Waals surface area contributed by atoms with Crippen molar-refractivity contribution in [2.24, 2.45) is 5.92 Å². The van der Waals surface area contributed by atoms with Gasteiger partial charge in [0.15, 0.2) is 5.82 Å². The van der Waals surface area contributed by atoms with Crippen molar-refractivity contribution in [1.82, 2.24) is 19.8 Å². The monoisotopic (exact) mass is 280 g/mol. The molecule has 3 atom stereocenters. The Labute approximate surface area is 112 Å². The summed E-state index contributed by atoms with van der Waals surface area (Å²) in [5.41, 5.74) is 0. The van der Waals surface area contributed by atoms with Crippen LogP contribution in [0.1, 0.15) is 42.1 Å². The lowest BCUT2D eigenvalue weighted by atomic mass is 10.2. The lowest BCUT2D eigenvalue weighted by Crippen LogP contribution is -2.04. The third-order valence-corrected chi connectivity index (χ3v) is 4.70. The van der Waals surface area contributed by atoms with Crippen LogP contribution in [0.3, 0.4) is 0 Å². The summed E-state index contributed by atoms with van der Waals surface area (Å²) in [6, 6.07) is 0. The number of ether oxygens (including phenoxy) is 1. The fourth-order valence-electron chi connectivity index (χ4n) is 2.52. The van der Waals surface area contributed by atoms with Gasteiger partial charge in [-0.2, -0.15) is 9.61 Å². The van der Waals surface area contributed by atoms with Gasteiger partial charge in [-0.15, -0.1) is 10.2 Å². The van der Waals surface area contributed by atoms with Crippen molar-refractivity contribution in [3.05, 3.63) is 10.8 Å². The van der Waals surface area contributed by atoms with Crippen molar-refractivity contribution in [1.29, 1.82) is 0 Å². The first kappa shape index (κ1) is 11.3. The molecule has 1 aliphatic carbocycles. The van der Waals surface area contributed by atoms with Gasteiger partial charge in [-0.1, -0.05) is 11.3 Å². The highest BCUT2D eigenvalue weighted by molar-refractivity contribution is 7.16. The van der Waals surface area contributed by atoms with Gasteiger partial charge in [-0.3, -0.25) is 4.79 Å². The van der Waals surface area contributed by atoms with E-state index in [9.17, 15) is 4.79 Å². The summed E-state index contributed by atoms with van der Waals surface area (Å²) < 4.78 is 7.31. The Hall–Kier alpha value is -1.54. The second-order valence-corrected chi connectivity index (χ2v) is 5.97. The highest BCUT2D eigenvalue weighted by Gasteiger charge is 2.46. The zero-order valence-electron chi connectivity index (χ0n) is 10.0. The average molecular weight is 280 g/mol. The van der Waals surface area contributed by atoms with Crippen molar-refractivity contribution in [2.45, 2.75) is 31.3 Å². The smallest absolute Gasteiger partial charge is 0.307 e. The maximum Gasteiger partial charge on any atom is 0.307 e. The molecule has 2 aromatic heterocycles. The third-order valence-electron chi connectivity index (χ3n) is 3.67. The molecule has 0 bridgehead atoms. The largest absolute Gasteiger partial charge is 0.481 e. The van der Waals surface area contributed by atoms with E-state index in [-0.39, 0.29) is 17.9 Å². The molecule has 0 amide bonds.